The Morgan fingerprint density at radius 3 is 2.28 bits per heavy atom. The first kappa shape index (κ1) is 26.3. The fourth-order valence-electron chi connectivity index (χ4n) is 4.71. The SMILES string of the molecule is COC(=O)c1cccc(CN2C(=O)/C(=C(\c3ccccc3)c3cc(C(F)(F)F)ccc3Cl)c3ccccc32)c1. The van der Waals surface area contributed by atoms with Crippen molar-refractivity contribution in [2.24, 2.45) is 0 Å². The van der Waals surface area contributed by atoms with Crippen molar-refractivity contribution in [2.45, 2.75) is 12.7 Å². The van der Waals surface area contributed by atoms with E-state index in [1.807, 2.05) is 0 Å². The minimum atomic E-state index is -4.60. The molecule has 0 aliphatic carbocycles. The summed E-state index contributed by atoms with van der Waals surface area (Å²) in [5.74, 6) is -0.900. The predicted octanol–water partition coefficient (Wildman–Crippen LogP) is 7.65. The molecular weight excluding hydrogens is 527 g/mol. The van der Waals surface area contributed by atoms with Gasteiger partial charge in [-0.15, -0.1) is 0 Å². The van der Waals surface area contributed by atoms with E-state index in [0.717, 1.165) is 12.1 Å². The number of para-hydroxylation sites is 1. The fraction of sp³-hybridized carbons (Fsp3) is 0.0968. The zero-order valence-corrected chi connectivity index (χ0v) is 21.4. The van der Waals surface area contributed by atoms with E-state index < -0.39 is 23.6 Å². The molecule has 4 aromatic rings. The van der Waals surface area contributed by atoms with E-state index in [1.165, 1.54) is 13.2 Å². The molecule has 1 aliphatic rings. The quantitative estimate of drug-likeness (QED) is 0.190. The number of esters is 1. The van der Waals surface area contributed by atoms with Gasteiger partial charge >= 0.3 is 12.1 Å². The molecule has 0 spiro atoms. The summed E-state index contributed by atoms with van der Waals surface area (Å²) < 4.78 is 45.9. The van der Waals surface area contributed by atoms with Gasteiger partial charge in [0.1, 0.15) is 0 Å². The number of amides is 1. The Bertz CT molecular complexity index is 1610. The van der Waals surface area contributed by atoms with E-state index in [1.54, 1.807) is 83.8 Å². The number of hydrogen-bond donors (Lipinski definition) is 0. The summed E-state index contributed by atoms with van der Waals surface area (Å²) in [5.41, 5.74) is 2.50. The summed E-state index contributed by atoms with van der Waals surface area (Å²) in [6, 6.07) is 25.7. The Kier molecular flexibility index (Phi) is 7.02. The number of carbonyl (C=O) groups is 2. The van der Waals surface area contributed by atoms with Crippen LogP contribution in [-0.2, 0) is 22.3 Å². The number of halogens is 4. The molecule has 1 amide bonds. The summed E-state index contributed by atoms with van der Waals surface area (Å²) in [6.07, 6.45) is -4.60. The monoisotopic (exact) mass is 547 g/mol. The van der Waals surface area contributed by atoms with E-state index in [-0.39, 0.29) is 22.7 Å². The molecular formula is C31H21ClF3NO3. The van der Waals surface area contributed by atoms with Gasteiger partial charge in [0.05, 0.1) is 36.0 Å². The molecule has 4 nitrogen and oxygen atoms in total. The van der Waals surface area contributed by atoms with Crippen molar-refractivity contribution in [3.63, 3.8) is 0 Å². The lowest BCUT2D eigenvalue weighted by Gasteiger charge is -2.19. The maximum absolute atomic E-state index is 14.1. The molecule has 0 fully saturated rings. The molecule has 0 saturated carbocycles. The third-order valence-corrected chi connectivity index (χ3v) is 6.82. The standard InChI is InChI=1S/C31H21ClF3NO3/c1-39-30(38)21-11-7-8-19(16-21)18-36-26-13-6-5-12-23(26)28(29(36)37)27(20-9-3-2-4-10-20)24-17-22(31(33,34)35)14-15-25(24)32/h2-17H,18H2,1H3/b28-27+. The normalized spacial score (nSPS) is 14.3. The Hall–Kier alpha value is -4.36. The molecule has 196 valence electrons. The van der Waals surface area contributed by atoms with Crippen LogP contribution in [0.25, 0.3) is 11.1 Å². The molecule has 5 rings (SSSR count). The van der Waals surface area contributed by atoms with E-state index in [2.05, 4.69) is 0 Å². The van der Waals surface area contributed by atoms with Crippen LogP contribution in [0.3, 0.4) is 0 Å². The largest absolute Gasteiger partial charge is 0.465 e. The van der Waals surface area contributed by atoms with Crippen LogP contribution in [0, 0.1) is 0 Å². The minimum Gasteiger partial charge on any atom is -0.465 e. The fourth-order valence-corrected chi connectivity index (χ4v) is 4.92. The number of alkyl halides is 3. The molecule has 1 aliphatic heterocycles. The van der Waals surface area contributed by atoms with Crippen LogP contribution < -0.4 is 4.90 Å². The number of benzene rings is 4. The van der Waals surface area contributed by atoms with Crippen LogP contribution in [0.5, 0.6) is 0 Å². The van der Waals surface area contributed by atoms with Crippen LogP contribution in [0.15, 0.2) is 97.1 Å². The molecule has 0 unspecified atom stereocenters. The maximum atomic E-state index is 14.1. The highest BCUT2D eigenvalue weighted by atomic mass is 35.5. The van der Waals surface area contributed by atoms with Crippen molar-refractivity contribution < 1.29 is 27.5 Å². The van der Waals surface area contributed by atoms with Crippen LogP contribution in [-0.4, -0.2) is 19.0 Å². The Morgan fingerprint density at radius 2 is 1.56 bits per heavy atom. The number of hydrogen-bond acceptors (Lipinski definition) is 3. The molecule has 0 radical (unpaired) electrons. The number of anilines is 1. The molecule has 0 atom stereocenters. The van der Waals surface area contributed by atoms with E-state index in [0.29, 0.717) is 33.5 Å². The van der Waals surface area contributed by atoms with Crippen LogP contribution in [0.4, 0.5) is 18.9 Å². The summed E-state index contributed by atoms with van der Waals surface area (Å²) in [5, 5.41) is 0.0869. The average Bonchev–Trinajstić information content (AvgIpc) is 3.20. The van der Waals surface area contributed by atoms with E-state index >= 15 is 0 Å². The zero-order chi connectivity index (χ0) is 27.7. The highest BCUT2D eigenvalue weighted by Crippen LogP contribution is 2.45. The molecule has 0 bridgehead atoms. The van der Waals surface area contributed by atoms with Gasteiger partial charge in [-0.25, -0.2) is 4.79 Å². The second-order valence-corrected chi connectivity index (χ2v) is 9.32. The molecule has 4 aromatic carbocycles. The predicted molar refractivity (Wildman–Crippen MR) is 144 cm³/mol. The van der Waals surface area contributed by atoms with Gasteiger partial charge in [-0.05, 0) is 47.5 Å². The van der Waals surface area contributed by atoms with E-state index in [4.69, 9.17) is 16.3 Å². The minimum absolute atomic E-state index is 0.0869. The molecule has 0 N–H and O–H groups in total. The topological polar surface area (TPSA) is 46.6 Å². The third kappa shape index (κ3) is 5.05. The lowest BCUT2D eigenvalue weighted by molar-refractivity contribution is -0.137. The van der Waals surface area contributed by atoms with Crippen molar-refractivity contribution in [3.8, 4) is 0 Å². The van der Waals surface area contributed by atoms with Crippen molar-refractivity contribution >= 4 is 40.3 Å². The van der Waals surface area contributed by atoms with Gasteiger partial charge < -0.3 is 9.64 Å². The maximum Gasteiger partial charge on any atom is 0.416 e. The van der Waals surface area contributed by atoms with Gasteiger partial charge in [0, 0.05) is 21.7 Å². The van der Waals surface area contributed by atoms with Gasteiger partial charge in [-0.2, -0.15) is 13.2 Å². The van der Waals surface area contributed by atoms with Gasteiger partial charge in [0.25, 0.3) is 5.91 Å². The van der Waals surface area contributed by atoms with Crippen LogP contribution in [0.2, 0.25) is 5.02 Å². The molecule has 8 heteroatoms. The summed E-state index contributed by atoms with van der Waals surface area (Å²) in [4.78, 5) is 27.7. The van der Waals surface area contributed by atoms with Gasteiger partial charge in [0.15, 0.2) is 0 Å². The number of nitrogens with zero attached hydrogens (tertiary/aromatic N) is 1. The number of carbonyl (C=O) groups excluding carboxylic acids is 2. The number of ether oxygens (including phenoxy) is 1. The van der Waals surface area contributed by atoms with Crippen LogP contribution in [0.1, 0.15) is 38.2 Å². The molecule has 1 heterocycles. The number of methoxy groups -OCH3 is 1. The smallest absolute Gasteiger partial charge is 0.416 e. The second kappa shape index (κ2) is 10.4. The van der Waals surface area contributed by atoms with Crippen molar-refractivity contribution in [3.05, 3.63) is 135 Å². The van der Waals surface area contributed by atoms with Gasteiger partial charge in [-0.1, -0.05) is 72.3 Å². The number of fused-ring (bicyclic) bond motifs is 1. The lowest BCUT2D eigenvalue weighted by atomic mass is 9.89. The highest BCUT2D eigenvalue weighted by Gasteiger charge is 2.37. The summed E-state index contributed by atoms with van der Waals surface area (Å²) in [7, 11) is 1.29. The highest BCUT2D eigenvalue weighted by molar-refractivity contribution is 6.40. The Labute approximate surface area is 227 Å². The Morgan fingerprint density at radius 1 is 0.872 bits per heavy atom. The Balaban J connectivity index is 1.72. The summed E-state index contributed by atoms with van der Waals surface area (Å²) >= 11 is 6.50. The lowest BCUT2D eigenvalue weighted by Crippen LogP contribution is -2.26. The molecule has 0 aromatic heterocycles. The van der Waals surface area contributed by atoms with Gasteiger partial charge in [-0.3, -0.25) is 4.79 Å². The van der Waals surface area contributed by atoms with Crippen LogP contribution >= 0.6 is 11.6 Å². The molecule has 0 saturated heterocycles. The summed E-state index contributed by atoms with van der Waals surface area (Å²) in [6.45, 7) is 0.128. The van der Waals surface area contributed by atoms with Crippen molar-refractivity contribution in [2.75, 3.05) is 12.0 Å². The third-order valence-electron chi connectivity index (χ3n) is 6.49. The first-order valence-corrected chi connectivity index (χ1v) is 12.3. The van der Waals surface area contributed by atoms with E-state index in [9.17, 15) is 22.8 Å². The van der Waals surface area contributed by atoms with Crippen molar-refractivity contribution in [1.29, 1.82) is 0 Å². The first-order chi connectivity index (χ1) is 18.7. The first-order valence-electron chi connectivity index (χ1n) is 11.9. The average molecular weight is 548 g/mol. The van der Waals surface area contributed by atoms with Gasteiger partial charge in [0.2, 0.25) is 0 Å². The molecule has 39 heavy (non-hydrogen) atoms. The second-order valence-electron chi connectivity index (χ2n) is 8.91. The van der Waals surface area contributed by atoms with Crippen molar-refractivity contribution in [1.82, 2.24) is 0 Å². The number of rotatable bonds is 5. The zero-order valence-electron chi connectivity index (χ0n) is 20.6.